The molecule has 0 saturated carbocycles. The predicted octanol–water partition coefficient (Wildman–Crippen LogP) is 1.84. The van der Waals surface area contributed by atoms with E-state index in [4.69, 9.17) is 8.85 Å². The normalized spacial score (nSPS) is 12.5. The summed E-state index contributed by atoms with van der Waals surface area (Å²) in [7, 11) is 1.15. The molecule has 0 fully saturated rings. The Labute approximate surface area is 71.5 Å². The van der Waals surface area contributed by atoms with Crippen molar-refractivity contribution in [1.29, 1.82) is 0 Å². The van der Waals surface area contributed by atoms with Crippen LogP contribution in [0.2, 0.25) is 6.04 Å². The fourth-order valence-electron chi connectivity index (χ4n) is 0.801. The van der Waals surface area contributed by atoms with Gasteiger partial charge in [-0.25, -0.2) is 0 Å². The molecule has 0 N–H and O–H groups in total. The monoisotopic (exact) mass is 202 g/mol. The molecule has 0 atom stereocenters. The van der Waals surface area contributed by atoms with Gasteiger partial charge in [0.05, 0.1) is 0 Å². The molecule has 0 aromatic heterocycles. The molecule has 0 aromatic rings. The number of halogens is 3. The van der Waals surface area contributed by atoms with E-state index in [2.05, 4.69) is 0 Å². The molecule has 0 aliphatic rings. The van der Waals surface area contributed by atoms with Gasteiger partial charge in [-0.2, -0.15) is 13.2 Å². The molecular formula is C6H13F3O2Si. The van der Waals surface area contributed by atoms with Crippen molar-refractivity contribution in [2.24, 2.45) is 0 Å². The van der Waals surface area contributed by atoms with Crippen LogP contribution in [0, 0.1) is 0 Å². The van der Waals surface area contributed by atoms with Gasteiger partial charge in [0.15, 0.2) is 0 Å². The summed E-state index contributed by atoms with van der Waals surface area (Å²) in [5.74, 6) is 0. The minimum Gasteiger partial charge on any atom is -0.400 e. The molecule has 2 nitrogen and oxygen atoms in total. The molecule has 0 amide bonds. The van der Waals surface area contributed by atoms with Crippen molar-refractivity contribution < 1.29 is 22.0 Å². The molecule has 0 bridgehead atoms. The molecule has 0 aliphatic heterocycles. The zero-order chi connectivity index (χ0) is 9.61. The lowest BCUT2D eigenvalue weighted by Crippen LogP contribution is -2.19. The van der Waals surface area contributed by atoms with Gasteiger partial charge in [-0.05, 0) is 12.5 Å². The largest absolute Gasteiger partial charge is 0.400 e. The van der Waals surface area contributed by atoms with Crippen LogP contribution in [0.3, 0.4) is 0 Å². The number of hydrogen-bond acceptors (Lipinski definition) is 2. The van der Waals surface area contributed by atoms with Crippen LogP contribution in [-0.2, 0) is 8.85 Å². The zero-order valence-corrected chi connectivity index (χ0v) is 8.30. The maximum Gasteiger partial charge on any atom is 0.389 e. The molecule has 6 heteroatoms. The van der Waals surface area contributed by atoms with E-state index in [1.165, 1.54) is 14.2 Å². The third-order valence-electron chi connectivity index (χ3n) is 1.43. The molecular weight excluding hydrogens is 189 g/mol. The Morgan fingerprint density at radius 2 is 1.67 bits per heavy atom. The molecule has 0 aromatic carbocycles. The van der Waals surface area contributed by atoms with Gasteiger partial charge < -0.3 is 8.85 Å². The Balaban J connectivity index is 3.41. The highest BCUT2D eigenvalue weighted by Crippen LogP contribution is 2.22. The van der Waals surface area contributed by atoms with Crippen molar-refractivity contribution >= 4 is 9.28 Å². The lowest BCUT2D eigenvalue weighted by molar-refractivity contribution is -0.134. The maximum absolute atomic E-state index is 11.6. The highest BCUT2D eigenvalue weighted by molar-refractivity contribution is 6.44. The van der Waals surface area contributed by atoms with Crippen molar-refractivity contribution in [2.75, 3.05) is 14.2 Å². The summed E-state index contributed by atoms with van der Waals surface area (Å²) in [4.78, 5) is 0. The molecule has 12 heavy (non-hydrogen) atoms. The highest BCUT2D eigenvalue weighted by Gasteiger charge is 2.27. The van der Waals surface area contributed by atoms with Crippen LogP contribution < -0.4 is 0 Å². The summed E-state index contributed by atoms with van der Waals surface area (Å²) >= 11 is 0. The minimum absolute atomic E-state index is 0.0993. The average molecular weight is 202 g/mol. The first-order valence-corrected chi connectivity index (χ1v) is 5.38. The molecule has 0 spiro atoms. The van der Waals surface area contributed by atoms with E-state index < -0.39 is 21.9 Å². The summed E-state index contributed by atoms with van der Waals surface area (Å²) < 4.78 is 44.7. The van der Waals surface area contributed by atoms with Gasteiger partial charge in [0.25, 0.3) is 0 Å². The van der Waals surface area contributed by atoms with Crippen LogP contribution in [0.25, 0.3) is 0 Å². The smallest absolute Gasteiger partial charge is 0.389 e. The van der Waals surface area contributed by atoms with Gasteiger partial charge in [-0.1, -0.05) is 0 Å². The molecule has 0 radical (unpaired) electrons. The molecule has 0 aliphatic carbocycles. The van der Waals surface area contributed by atoms with Crippen molar-refractivity contribution in [3.8, 4) is 0 Å². The van der Waals surface area contributed by atoms with Gasteiger partial charge >= 0.3 is 15.5 Å². The van der Waals surface area contributed by atoms with Gasteiger partial charge in [-0.3, -0.25) is 0 Å². The van der Waals surface area contributed by atoms with Crippen LogP contribution in [0.4, 0.5) is 13.2 Å². The van der Waals surface area contributed by atoms with Crippen LogP contribution in [0.5, 0.6) is 0 Å². The first-order valence-electron chi connectivity index (χ1n) is 3.62. The second-order valence-corrected chi connectivity index (χ2v) is 4.79. The maximum atomic E-state index is 11.6. The zero-order valence-electron chi connectivity index (χ0n) is 7.15. The van der Waals surface area contributed by atoms with E-state index in [0.29, 0.717) is 6.04 Å². The molecule has 0 saturated heterocycles. The van der Waals surface area contributed by atoms with Crippen molar-refractivity contribution in [3.63, 3.8) is 0 Å². The van der Waals surface area contributed by atoms with E-state index in [0.717, 1.165) is 0 Å². The number of alkyl halides is 3. The van der Waals surface area contributed by atoms with Gasteiger partial charge in [0.2, 0.25) is 0 Å². The highest BCUT2D eigenvalue weighted by atomic mass is 28.3. The van der Waals surface area contributed by atoms with E-state index in [-0.39, 0.29) is 6.42 Å². The molecule has 0 unspecified atom stereocenters. The van der Waals surface area contributed by atoms with Gasteiger partial charge in [0.1, 0.15) is 0 Å². The van der Waals surface area contributed by atoms with Crippen LogP contribution in [0.15, 0.2) is 0 Å². The van der Waals surface area contributed by atoms with Gasteiger partial charge in [0, 0.05) is 20.6 Å². The summed E-state index contributed by atoms with van der Waals surface area (Å²) in [6, 6.07) is 0.409. The standard InChI is InChI=1S/C6H13F3O2Si/c1-10-12(11-2)5-3-4-6(7,8)9/h12H,3-5H2,1-2H3. The summed E-state index contributed by atoms with van der Waals surface area (Å²) in [5.41, 5.74) is 0. The lowest BCUT2D eigenvalue weighted by Gasteiger charge is -2.11. The van der Waals surface area contributed by atoms with Gasteiger partial charge in [-0.15, -0.1) is 0 Å². The molecule has 0 heterocycles. The second kappa shape index (κ2) is 5.55. The van der Waals surface area contributed by atoms with Crippen LogP contribution >= 0.6 is 0 Å². The second-order valence-electron chi connectivity index (χ2n) is 2.41. The lowest BCUT2D eigenvalue weighted by atomic mass is 10.3. The van der Waals surface area contributed by atoms with E-state index in [1.807, 2.05) is 0 Å². The Morgan fingerprint density at radius 1 is 1.17 bits per heavy atom. The third-order valence-corrected chi connectivity index (χ3v) is 3.36. The quantitative estimate of drug-likeness (QED) is 0.633. The Morgan fingerprint density at radius 3 is 2.00 bits per heavy atom. The van der Waals surface area contributed by atoms with Crippen molar-refractivity contribution in [3.05, 3.63) is 0 Å². The van der Waals surface area contributed by atoms with Crippen molar-refractivity contribution in [2.45, 2.75) is 25.1 Å². The van der Waals surface area contributed by atoms with Crippen molar-refractivity contribution in [1.82, 2.24) is 0 Å². The molecule has 74 valence electrons. The summed E-state index contributed by atoms with van der Waals surface area (Å²) in [6.07, 6.45) is -4.70. The fraction of sp³-hybridized carbons (Fsp3) is 1.00. The fourth-order valence-corrected chi connectivity index (χ4v) is 2.00. The van der Waals surface area contributed by atoms with E-state index >= 15 is 0 Å². The van der Waals surface area contributed by atoms with Crippen LogP contribution in [0.1, 0.15) is 12.8 Å². The third kappa shape index (κ3) is 6.63. The first-order chi connectivity index (χ1) is 5.49. The Kier molecular flexibility index (Phi) is 5.52. The SMILES string of the molecule is CO[SiH](CCCC(F)(F)F)OC. The van der Waals surface area contributed by atoms with Crippen LogP contribution in [-0.4, -0.2) is 29.7 Å². The summed E-state index contributed by atoms with van der Waals surface area (Å²) in [5, 5.41) is 0. The Bertz CT molecular complexity index is 114. The minimum atomic E-state index is -4.06. The predicted molar refractivity (Wildman–Crippen MR) is 41.3 cm³/mol. The Hall–Kier alpha value is -0.0731. The van der Waals surface area contributed by atoms with E-state index in [1.54, 1.807) is 0 Å². The molecule has 0 rings (SSSR count). The van der Waals surface area contributed by atoms with E-state index in [9.17, 15) is 13.2 Å². The first kappa shape index (κ1) is 11.9. The average Bonchev–Trinajstić information content (AvgIpc) is 1.96. The number of hydrogen-bond donors (Lipinski definition) is 0. The topological polar surface area (TPSA) is 18.5 Å². The number of rotatable bonds is 5. The summed E-state index contributed by atoms with van der Waals surface area (Å²) in [6.45, 7) is 0.